The lowest BCUT2D eigenvalue weighted by molar-refractivity contribution is 0.794. The molecule has 0 radical (unpaired) electrons. The van der Waals surface area contributed by atoms with Crippen molar-refractivity contribution in [1.29, 1.82) is 0 Å². The van der Waals surface area contributed by atoms with Gasteiger partial charge in [-0.2, -0.15) is 0 Å². The summed E-state index contributed by atoms with van der Waals surface area (Å²) < 4.78 is 3.04. The third kappa shape index (κ3) is 2.49. The molecule has 2 heterocycles. The van der Waals surface area contributed by atoms with Crippen LogP contribution in [-0.2, 0) is 6.54 Å². The summed E-state index contributed by atoms with van der Waals surface area (Å²) in [4.78, 5) is 4.65. The molecular weight excluding hydrogens is 316 g/mol. The maximum Gasteiger partial charge on any atom is 0.124 e. The first-order valence-corrected chi connectivity index (χ1v) is 7.96. The molecule has 4 nitrogen and oxygen atoms in total. The number of hydrogen-bond donors (Lipinski definition) is 0. The van der Waals surface area contributed by atoms with Crippen molar-refractivity contribution >= 4 is 33.2 Å². The molecule has 0 unspecified atom stereocenters. The van der Waals surface area contributed by atoms with Gasteiger partial charge in [-0.15, -0.1) is 21.5 Å². The molecule has 0 N–H and O–H groups in total. The number of nitrogens with zero attached hydrogens (tertiary/aromatic N) is 4. The summed E-state index contributed by atoms with van der Waals surface area (Å²) in [5, 5.41) is 9.30. The molecule has 0 amide bonds. The first-order chi connectivity index (χ1) is 10.8. The van der Waals surface area contributed by atoms with E-state index in [1.165, 1.54) is 5.56 Å². The van der Waals surface area contributed by atoms with Gasteiger partial charge in [-0.25, -0.2) is 4.98 Å². The van der Waals surface area contributed by atoms with Crippen molar-refractivity contribution in [1.82, 2.24) is 19.7 Å². The van der Waals surface area contributed by atoms with Crippen molar-refractivity contribution in [3.8, 4) is 10.6 Å². The van der Waals surface area contributed by atoms with Crippen LogP contribution in [0.4, 0.5) is 0 Å². The van der Waals surface area contributed by atoms with Crippen molar-refractivity contribution in [3.05, 3.63) is 65.7 Å². The molecule has 0 fully saturated rings. The monoisotopic (exact) mass is 326 g/mol. The zero-order valence-electron chi connectivity index (χ0n) is 11.5. The maximum absolute atomic E-state index is 6.19. The molecule has 0 aliphatic heterocycles. The Kier molecular flexibility index (Phi) is 3.36. The van der Waals surface area contributed by atoms with E-state index in [1.54, 1.807) is 24.0 Å². The molecule has 0 aliphatic rings. The number of fused-ring (bicyclic) bond motifs is 1. The van der Waals surface area contributed by atoms with Gasteiger partial charge in [-0.1, -0.05) is 41.9 Å². The summed E-state index contributed by atoms with van der Waals surface area (Å²) in [6.45, 7) is 0.763. The van der Waals surface area contributed by atoms with Crippen molar-refractivity contribution in [2.75, 3.05) is 0 Å². The van der Waals surface area contributed by atoms with Gasteiger partial charge in [0, 0.05) is 12.1 Å². The number of hydrogen-bond acceptors (Lipinski definition) is 4. The van der Waals surface area contributed by atoms with Gasteiger partial charge in [0.15, 0.2) is 0 Å². The smallest absolute Gasteiger partial charge is 0.124 e. The van der Waals surface area contributed by atoms with Gasteiger partial charge in [0.25, 0.3) is 0 Å². The van der Waals surface area contributed by atoms with E-state index >= 15 is 0 Å². The molecule has 0 saturated carbocycles. The van der Waals surface area contributed by atoms with Gasteiger partial charge in [0.2, 0.25) is 0 Å². The van der Waals surface area contributed by atoms with Gasteiger partial charge in [0.1, 0.15) is 23.2 Å². The van der Waals surface area contributed by atoms with Gasteiger partial charge in [0.05, 0.1) is 9.72 Å². The third-order valence-electron chi connectivity index (χ3n) is 3.40. The number of rotatable bonds is 3. The molecule has 0 spiro atoms. The van der Waals surface area contributed by atoms with E-state index in [1.807, 2.05) is 22.8 Å². The summed E-state index contributed by atoms with van der Waals surface area (Å²) in [6.07, 6.45) is 3.42. The quantitative estimate of drug-likeness (QED) is 0.565. The standard InChI is InChI=1S/C16H11ClN4S/c17-13-2-1-3-14-15(13)20-16(22-14)12-6-4-11(5-7-12)8-21-9-18-19-10-21/h1-7,9-10H,8H2. The largest absolute Gasteiger partial charge is 0.316 e. The van der Waals surface area contributed by atoms with Crippen LogP contribution in [0.15, 0.2) is 55.1 Å². The number of halogens is 1. The Labute approximate surface area is 136 Å². The van der Waals surface area contributed by atoms with E-state index in [-0.39, 0.29) is 0 Å². The summed E-state index contributed by atoms with van der Waals surface area (Å²) in [6, 6.07) is 14.2. The minimum Gasteiger partial charge on any atom is -0.316 e. The average molecular weight is 327 g/mol. The maximum atomic E-state index is 6.19. The third-order valence-corrected chi connectivity index (χ3v) is 4.78. The zero-order chi connectivity index (χ0) is 14.9. The summed E-state index contributed by atoms with van der Waals surface area (Å²) in [5.41, 5.74) is 3.17. The highest BCUT2D eigenvalue weighted by molar-refractivity contribution is 7.21. The van der Waals surface area contributed by atoms with Crippen LogP contribution in [0.3, 0.4) is 0 Å². The van der Waals surface area contributed by atoms with Crippen LogP contribution in [0.5, 0.6) is 0 Å². The average Bonchev–Trinajstić information content (AvgIpc) is 3.18. The first kappa shape index (κ1) is 13.4. The lowest BCUT2D eigenvalue weighted by Crippen LogP contribution is -1.95. The minimum absolute atomic E-state index is 0.698. The Balaban J connectivity index is 1.65. The molecule has 2 aromatic carbocycles. The van der Waals surface area contributed by atoms with Crippen LogP contribution in [0.2, 0.25) is 5.02 Å². The van der Waals surface area contributed by atoms with Crippen LogP contribution in [0, 0.1) is 0 Å². The molecule has 108 valence electrons. The van der Waals surface area contributed by atoms with E-state index < -0.39 is 0 Å². The van der Waals surface area contributed by atoms with Crippen LogP contribution < -0.4 is 0 Å². The second kappa shape index (κ2) is 5.51. The van der Waals surface area contributed by atoms with E-state index in [0.29, 0.717) is 5.02 Å². The Bertz CT molecular complexity index is 913. The topological polar surface area (TPSA) is 43.6 Å². The van der Waals surface area contributed by atoms with Crippen molar-refractivity contribution in [2.24, 2.45) is 0 Å². The van der Waals surface area contributed by atoms with Gasteiger partial charge in [-0.3, -0.25) is 0 Å². The Morgan fingerprint density at radius 3 is 2.50 bits per heavy atom. The van der Waals surface area contributed by atoms with Crippen molar-refractivity contribution < 1.29 is 0 Å². The van der Waals surface area contributed by atoms with E-state index in [4.69, 9.17) is 11.6 Å². The SMILES string of the molecule is Clc1cccc2sc(-c3ccc(Cn4cnnc4)cc3)nc12. The Hall–Kier alpha value is -2.24. The van der Waals surface area contributed by atoms with Crippen LogP contribution >= 0.6 is 22.9 Å². The number of aromatic nitrogens is 4. The Morgan fingerprint density at radius 1 is 1.00 bits per heavy atom. The number of benzene rings is 2. The fourth-order valence-electron chi connectivity index (χ4n) is 2.31. The molecule has 2 aromatic heterocycles. The second-order valence-corrected chi connectivity index (χ2v) is 6.37. The lowest BCUT2D eigenvalue weighted by atomic mass is 10.1. The number of para-hydroxylation sites is 1. The molecule has 22 heavy (non-hydrogen) atoms. The Morgan fingerprint density at radius 2 is 1.77 bits per heavy atom. The van der Waals surface area contributed by atoms with Crippen molar-refractivity contribution in [2.45, 2.75) is 6.54 Å². The molecule has 0 saturated heterocycles. The molecule has 0 atom stereocenters. The van der Waals surface area contributed by atoms with Gasteiger partial charge >= 0.3 is 0 Å². The number of thiazole rings is 1. The highest BCUT2D eigenvalue weighted by Crippen LogP contribution is 2.33. The van der Waals surface area contributed by atoms with E-state index in [0.717, 1.165) is 27.3 Å². The predicted molar refractivity (Wildman–Crippen MR) is 89.2 cm³/mol. The normalized spacial score (nSPS) is 11.1. The minimum atomic E-state index is 0.698. The molecular formula is C16H11ClN4S. The highest BCUT2D eigenvalue weighted by Gasteiger charge is 2.08. The van der Waals surface area contributed by atoms with E-state index in [9.17, 15) is 0 Å². The molecule has 4 rings (SSSR count). The van der Waals surface area contributed by atoms with Crippen LogP contribution in [0.25, 0.3) is 20.8 Å². The van der Waals surface area contributed by atoms with Crippen LogP contribution in [-0.4, -0.2) is 19.7 Å². The van der Waals surface area contributed by atoms with Crippen LogP contribution in [0.1, 0.15) is 5.56 Å². The summed E-state index contributed by atoms with van der Waals surface area (Å²) in [7, 11) is 0. The fraction of sp³-hybridized carbons (Fsp3) is 0.0625. The first-order valence-electron chi connectivity index (χ1n) is 6.76. The molecule has 4 aromatic rings. The molecule has 6 heteroatoms. The van der Waals surface area contributed by atoms with Crippen molar-refractivity contribution in [3.63, 3.8) is 0 Å². The fourth-order valence-corrected chi connectivity index (χ4v) is 3.58. The summed E-state index contributed by atoms with van der Waals surface area (Å²) in [5.74, 6) is 0. The second-order valence-electron chi connectivity index (χ2n) is 4.94. The predicted octanol–water partition coefficient (Wildman–Crippen LogP) is 4.26. The lowest BCUT2D eigenvalue weighted by Gasteiger charge is -2.02. The molecule has 0 aliphatic carbocycles. The molecule has 0 bridgehead atoms. The summed E-state index contributed by atoms with van der Waals surface area (Å²) >= 11 is 7.85. The van der Waals surface area contributed by atoms with Gasteiger partial charge in [-0.05, 0) is 17.7 Å². The zero-order valence-corrected chi connectivity index (χ0v) is 13.1. The van der Waals surface area contributed by atoms with Gasteiger partial charge < -0.3 is 4.57 Å². The highest BCUT2D eigenvalue weighted by atomic mass is 35.5. The van der Waals surface area contributed by atoms with E-state index in [2.05, 4.69) is 39.4 Å².